The second kappa shape index (κ2) is 5.00. The van der Waals surface area contributed by atoms with Crippen LogP contribution in [0.15, 0.2) is 24.3 Å². The van der Waals surface area contributed by atoms with Crippen molar-refractivity contribution in [1.82, 2.24) is 0 Å². The first kappa shape index (κ1) is 13.9. The molecule has 0 amide bonds. The van der Waals surface area contributed by atoms with E-state index in [0.29, 0.717) is 24.0 Å². The van der Waals surface area contributed by atoms with E-state index in [2.05, 4.69) is 25.3 Å². The normalized spacial score (nSPS) is 18.9. The molecule has 1 aromatic rings. The van der Waals surface area contributed by atoms with E-state index in [1.54, 1.807) is 12.1 Å². The highest BCUT2D eigenvalue weighted by Gasteiger charge is 2.32. The van der Waals surface area contributed by atoms with Crippen molar-refractivity contribution >= 4 is 25.3 Å². The Hall–Kier alpha value is -0.160. The van der Waals surface area contributed by atoms with Crippen LogP contribution in [-0.2, 0) is 9.87 Å². The maximum Gasteiger partial charge on any atom is 0.133 e. The van der Waals surface area contributed by atoms with E-state index in [0.717, 1.165) is 0 Å². The third-order valence-corrected chi connectivity index (χ3v) is 3.89. The predicted molar refractivity (Wildman–Crippen MR) is 72.8 cm³/mol. The monoisotopic (exact) mass is 258 g/mol. The summed E-state index contributed by atoms with van der Waals surface area (Å²) >= 11 is 8.45. The first-order valence-electron chi connectivity index (χ1n) is 5.34. The first-order chi connectivity index (χ1) is 7.35. The number of rotatable bonds is 4. The second-order valence-electron chi connectivity index (χ2n) is 3.89. The Morgan fingerprint density at radius 1 is 0.938 bits per heavy atom. The highest BCUT2D eigenvalue weighted by atomic mass is 32.1. The fourth-order valence-electron chi connectivity index (χ4n) is 1.56. The minimum Gasteiger partial charge on any atom is -0.376 e. The molecule has 16 heavy (non-hydrogen) atoms. The van der Waals surface area contributed by atoms with Gasteiger partial charge in [0, 0.05) is 11.1 Å². The third kappa shape index (κ3) is 2.74. The molecule has 0 aliphatic rings. The molecule has 2 atom stereocenters. The Balaban J connectivity index is 3.31. The Morgan fingerprint density at radius 3 is 1.50 bits per heavy atom. The van der Waals surface area contributed by atoms with Gasteiger partial charge in [-0.2, -0.15) is 0 Å². The average molecular weight is 258 g/mol. The molecule has 4 heteroatoms. The van der Waals surface area contributed by atoms with E-state index in [-0.39, 0.29) is 0 Å². The standard InChI is InChI=1S/C12H18O2S2/c1-3-11(13,15)9-7-5-6-8-10(9)12(14,16)4-2/h5-8,13-16H,3-4H2,1-2H3. The minimum absolute atomic E-state index is 0.459. The summed E-state index contributed by atoms with van der Waals surface area (Å²) in [4.78, 5) is -2.47. The molecular formula is C12H18O2S2. The SMILES string of the molecule is CCC(O)(S)c1ccccc1C(O)(S)CC. The molecule has 2 nitrogen and oxygen atoms in total. The topological polar surface area (TPSA) is 40.5 Å². The highest BCUT2D eigenvalue weighted by molar-refractivity contribution is 7.81. The van der Waals surface area contributed by atoms with Crippen LogP contribution in [0, 0.1) is 0 Å². The molecule has 0 fully saturated rings. The van der Waals surface area contributed by atoms with Crippen LogP contribution < -0.4 is 0 Å². The van der Waals surface area contributed by atoms with Gasteiger partial charge in [0.15, 0.2) is 0 Å². The zero-order valence-corrected chi connectivity index (χ0v) is 11.3. The van der Waals surface area contributed by atoms with Gasteiger partial charge in [-0.15, -0.1) is 25.3 Å². The largest absolute Gasteiger partial charge is 0.376 e. The third-order valence-electron chi connectivity index (χ3n) is 2.78. The van der Waals surface area contributed by atoms with Crippen LogP contribution >= 0.6 is 25.3 Å². The van der Waals surface area contributed by atoms with Gasteiger partial charge in [0.2, 0.25) is 0 Å². The van der Waals surface area contributed by atoms with Gasteiger partial charge in [-0.1, -0.05) is 38.1 Å². The predicted octanol–water partition coefficient (Wildman–Crippen LogP) is 2.66. The molecular weight excluding hydrogens is 240 g/mol. The van der Waals surface area contributed by atoms with Crippen molar-refractivity contribution in [2.45, 2.75) is 36.6 Å². The maximum absolute atomic E-state index is 10.2. The average Bonchev–Trinajstić information content (AvgIpc) is 2.29. The van der Waals surface area contributed by atoms with Gasteiger partial charge in [-0.25, -0.2) is 0 Å². The van der Waals surface area contributed by atoms with Crippen LogP contribution in [0.2, 0.25) is 0 Å². The van der Waals surface area contributed by atoms with Gasteiger partial charge in [-0.3, -0.25) is 0 Å². The van der Waals surface area contributed by atoms with Crippen LogP contribution in [0.4, 0.5) is 0 Å². The number of hydrogen-bond acceptors (Lipinski definition) is 4. The molecule has 2 N–H and O–H groups in total. The second-order valence-corrected chi connectivity index (χ2v) is 5.37. The lowest BCUT2D eigenvalue weighted by atomic mass is 9.95. The molecule has 90 valence electrons. The molecule has 0 aromatic heterocycles. The van der Waals surface area contributed by atoms with Gasteiger partial charge in [0.25, 0.3) is 0 Å². The Morgan fingerprint density at radius 2 is 1.25 bits per heavy atom. The van der Waals surface area contributed by atoms with Crippen molar-refractivity contribution in [2.75, 3.05) is 0 Å². The number of thiol groups is 2. The Bertz CT molecular complexity index is 327. The lowest BCUT2D eigenvalue weighted by molar-refractivity contribution is 0.111. The lowest BCUT2D eigenvalue weighted by Gasteiger charge is -2.30. The van der Waals surface area contributed by atoms with Gasteiger partial charge >= 0.3 is 0 Å². The summed E-state index contributed by atoms with van der Waals surface area (Å²) in [5, 5.41) is 20.3. The Kier molecular flexibility index (Phi) is 4.35. The summed E-state index contributed by atoms with van der Waals surface area (Å²) in [5.74, 6) is 0. The van der Waals surface area contributed by atoms with Gasteiger partial charge in [-0.05, 0) is 12.8 Å². The van der Waals surface area contributed by atoms with Crippen LogP contribution in [0.1, 0.15) is 37.8 Å². The Labute approximate surface area is 108 Å². The fourth-order valence-corrected chi connectivity index (χ4v) is 1.95. The quantitative estimate of drug-likeness (QED) is 0.495. The molecule has 0 bridgehead atoms. The maximum atomic E-state index is 10.2. The number of benzene rings is 1. The van der Waals surface area contributed by atoms with Crippen molar-refractivity contribution in [1.29, 1.82) is 0 Å². The summed E-state index contributed by atoms with van der Waals surface area (Å²) in [6, 6.07) is 7.16. The molecule has 2 unspecified atom stereocenters. The smallest absolute Gasteiger partial charge is 0.133 e. The molecule has 0 saturated carbocycles. The van der Waals surface area contributed by atoms with Crippen LogP contribution in [0.25, 0.3) is 0 Å². The van der Waals surface area contributed by atoms with Crippen LogP contribution in [-0.4, -0.2) is 10.2 Å². The summed E-state index contributed by atoms with van der Waals surface area (Å²) in [5.41, 5.74) is 1.22. The van der Waals surface area contributed by atoms with Gasteiger partial charge < -0.3 is 10.2 Å². The number of aliphatic hydroxyl groups is 2. The van der Waals surface area contributed by atoms with Crippen LogP contribution in [0.5, 0.6) is 0 Å². The molecule has 0 heterocycles. The zero-order valence-electron chi connectivity index (χ0n) is 9.51. The van der Waals surface area contributed by atoms with E-state index < -0.39 is 9.87 Å². The summed E-state index contributed by atoms with van der Waals surface area (Å²) in [7, 11) is 0. The lowest BCUT2D eigenvalue weighted by Crippen LogP contribution is -2.26. The van der Waals surface area contributed by atoms with Crippen molar-refractivity contribution in [3.63, 3.8) is 0 Å². The van der Waals surface area contributed by atoms with E-state index >= 15 is 0 Å². The zero-order chi connectivity index (χ0) is 12.4. The van der Waals surface area contributed by atoms with E-state index in [1.165, 1.54) is 0 Å². The van der Waals surface area contributed by atoms with Crippen molar-refractivity contribution in [2.24, 2.45) is 0 Å². The summed E-state index contributed by atoms with van der Waals surface area (Å²) in [6.45, 7) is 3.68. The molecule has 1 rings (SSSR count). The fraction of sp³-hybridized carbons (Fsp3) is 0.500. The molecule has 0 spiro atoms. The number of hydrogen-bond donors (Lipinski definition) is 4. The first-order valence-corrected chi connectivity index (χ1v) is 6.24. The summed E-state index contributed by atoms with van der Waals surface area (Å²) in [6.07, 6.45) is 0.918. The molecule has 0 aliphatic heterocycles. The highest BCUT2D eigenvalue weighted by Crippen LogP contribution is 2.39. The van der Waals surface area contributed by atoms with Gasteiger partial charge in [0.1, 0.15) is 9.87 Å². The van der Waals surface area contributed by atoms with Crippen molar-refractivity contribution in [3.05, 3.63) is 35.4 Å². The van der Waals surface area contributed by atoms with Crippen molar-refractivity contribution in [3.8, 4) is 0 Å². The van der Waals surface area contributed by atoms with E-state index in [9.17, 15) is 10.2 Å². The van der Waals surface area contributed by atoms with E-state index in [4.69, 9.17) is 0 Å². The minimum atomic E-state index is -1.23. The molecule has 0 saturated heterocycles. The molecule has 0 aliphatic carbocycles. The molecule has 1 aromatic carbocycles. The van der Waals surface area contributed by atoms with Crippen LogP contribution in [0.3, 0.4) is 0 Å². The van der Waals surface area contributed by atoms with Gasteiger partial charge in [0.05, 0.1) is 0 Å². The van der Waals surface area contributed by atoms with Crippen molar-refractivity contribution < 1.29 is 10.2 Å². The summed E-state index contributed by atoms with van der Waals surface area (Å²) < 4.78 is 0. The molecule has 0 radical (unpaired) electrons. The van der Waals surface area contributed by atoms with E-state index in [1.807, 2.05) is 26.0 Å².